The van der Waals surface area contributed by atoms with Crippen LogP contribution in [0.5, 0.6) is 11.5 Å². The zero-order valence-electron chi connectivity index (χ0n) is 21.1. The number of aryl methyl sites for hydroxylation is 1. The topological polar surface area (TPSA) is 141 Å². The lowest BCUT2D eigenvalue weighted by Crippen LogP contribution is -2.42. The van der Waals surface area contributed by atoms with Crippen LogP contribution < -0.4 is 21.1 Å². The molecule has 0 aliphatic rings. The van der Waals surface area contributed by atoms with Crippen LogP contribution in [0.4, 0.5) is 11.6 Å². The van der Waals surface area contributed by atoms with E-state index in [1.165, 1.54) is 17.8 Å². The Morgan fingerprint density at radius 3 is 2.59 bits per heavy atom. The average Bonchev–Trinajstić information content (AvgIpc) is 3.16. The Bertz CT molecular complexity index is 1550. The van der Waals surface area contributed by atoms with Crippen LogP contribution in [0.1, 0.15) is 35.8 Å². The van der Waals surface area contributed by atoms with Gasteiger partial charge in [0.25, 0.3) is 5.91 Å². The summed E-state index contributed by atoms with van der Waals surface area (Å²) < 4.78 is 30.8. The van der Waals surface area contributed by atoms with Crippen molar-refractivity contribution in [2.75, 3.05) is 18.1 Å². The molecule has 0 saturated heterocycles. The lowest BCUT2D eigenvalue weighted by atomic mass is 10.0. The molecule has 2 aromatic carbocycles. The Balaban J connectivity index is 1.49. The smallest absolute Gasteiger partial charge is 0.270 e. The van der Waals surface area contributed by atoms with Gasteiger partial charge in [-0.15, -0.1) is 0 Å². The molecule has 4 N–H and O–H groups in total. The molecule has 0 spiro atoms. The van der Waals surface area contributed by atoms with Gasteiger partial charge in [0.1, 0.15) is 22.6 Å². The molecule has 0 bridgehead atoms. The van der Waals surface area contributed by atoms with Gasteiger partial charge in [0, 0.05) is 43.9 Å². The molecule has 1 amide bonds. The van der Waals surface area contributed by atoms with Gasteiger partial charge in [0.2, 0.25) is 5.95 Å². The standard InChI is InChI=1S/C26H30N6O4S/c1-16(2)17-6-5-7-18(12-17)30-26-31-21-13-19(8-9-23(21)32(26)3)36-20-10-11-28-22(14-20)25(33)29-15-24(27)37(4,34)35/h5-14,16,24H,15,27H2,1-4H3,(H,29,33)(H,30,31). The summed E-state index contributed by atoms with van der Waals surface area (Å²) in [5, 5.41) is 4.67. The van der Waals surface area contributed by atoms with Crippen molar-refractivity contribution in [3.63, 3.8) is 0 Å². The minimum Gasteiger partial charge on any atom is -0.457 e. The molecule has 0 aliphatic heterocycles. The first-order valence-electron chi connectivity index (χ1n) is 11.7. The molecule has 0 fully saturated rings. The number of rotatable bonds is 9. The Morgan fingerprint density at radius 2 is 1.86 bits per heavy atom. The van der Waals surface area contributed by atoms with Crippen LogP contribution in [-0.2, 0) is 16.9 Å². The van der Waals surface area contributed by atoms with E-state index in [1.54, 1.807) is 6.07 Å². The van der Waals surface area contributed by atoms with Gasteiger partial charge in [-0.25, -0.2) is 13.4 Å². The number of nitrogens with two attached hydrogens (primary N) is 1. The van der Waals surface area contributed by atoms with Crippen LogP contribution in [0.25, 0.3) is 11.0 Å². The van der Waals surface area contributed by atoms with Crippen LogP contribution >= 0.6 is 0 Å². The Morgan fingerprint density at radius 1 is 1.11 bits per heavy atom. The first-order chi connectivity index (χ1) is 17.5. The second-order valence-electron chi connectivity index (χ2n) is 9.11. The number of nitrogens with zero attached hydrogens (tertiary/aromatic N) is 3. The van der Waals surface area contributed by atoms with E-state index in [4.69, 9.17) is 15.5 Å². The van der Waals surface area contributed by atoms with Crippen molar-refractivity contribution in [2.24, 2.45) is 12.8 Å². The number of amides is 1. The van der Waals surface area contributed by atoms with Gasteiger partial charge in [0.05, 0.1) is 11.0 Å². The first-order valence-corrected chi connectivity index (χ1v) is 13.7. The maximum atomic E-state index is 12.4. The van der Waals surface area contributed by atoms with Gasteiger partial charge < -0.3 is 25.7 Å². The number of nitrogens with one attached hydrogen (secondary N) is 2. The number of sulfone groups is 1. The van der Waals surface area contributed by atoms with Crippen molar-refractivity contribution in [1.82, 2.24) is 19.9 Å². The van der Waals surface area contributed by atoms with Crippen LogP contribution in [0.3, 0.4) is 0 Å². The molecule has 1 unspecified atom stereocenters. The zero-order chi connectivity index (χ0) is 26.7. The maximum Gasteiger partial charge on any atom is 0.270 e. The molecular formula is C26H30N6O4S. The summed E-state index contributed by atoms with van der Waals surface area (Å²) in [5.74, 6) is 1.50. The first kappa shape index (κ1) is 26.1. The van der Waals surface area contributed by atoms with Gasteiger partial charge in [-0.1, -0.05) is 26.0 Å². The molecule has 11 heteroatoms. The molecule has 37 heavy (non-hydrogen) atoms. The van der Waals surface area contributed by atoms with Crippen LogP contribution in [0.15, 0.2) is 60.8 Å². The molecule has 2 aromatic heterocycles. The Kier molecular flexibility index (Phi) is 7.46. The summed E-state index contributed by atoms with van der Waals surface area (Å²) in [7, 11) is -1.53. The maximum absolute atomic E-state index is 12.4. The third-order valence-corrected chi connectivity index (χ3v) is 7.14. The number of anilines is 2. The van der Waals surface area contributed by atoms with Crippen molar-refractivity contribution >= 4 is 38.4 Å². The number of hydrogen-bond acceptors (Lipinski definition) is 8. The molecule has 194 valence electrons. The van der Waals surface area contributed by atoms with E-state index in [0.717, 1.165) is 23.0 Å². The van der Waals surface area contributed by atoms with Crippen molar-refractivity contribution < 1.29 is 17.9 Å². The van der Waals surface area contributed by atoms with E-state index >= 15 is 0 Å². The SMILES string of the molecule is CC(C)c1cccc(Nc2nc3cc(Oc4ccnc(C(=O)NCC(N)S(C)(=O)=O)c4)ccc3n2C)c1. The molecule has 10 nitrogen and oxygen atoms in total. The number of ether oxygens (including phenoxy) is 1. The number of carbonyl (C=O) groups is 1. The minimum absolute atomic E-state index is 0.0761. The summed E-state index contributed by atoms with van der Waals surface area (Å²) >= 11 is 0. The zero-order valence-corrected chi connectivity index (χ0v) is 21.9. The number of pyridine rings is 1. The third-order valence-electron chi connectivity index (χ3n) is 5.88. The number of benzene rings is 2. The van der Waals surface area contributed by atoms with Crippen molar-refractivity contribution in [3.05, 3.63) is 72.1 Å². The molecule has 0 aliphatic carbocycles. The summed E-state index contributed by atoms with van der Waals surface area (Å²) in [6.07, 6.45) is 2.45. The molecule has 4 aromatic rings. The summed E-state index contributed by atoms with van der Waals surface area (Å²) in [5.41, 5.74) is 9.51. The highest BCUT2D eigenvalue weighted by molar-refractivity contribution is 7.91. The van der Waals surface area contributed by atoms with Gasteiger partial charge in [-0.05, 0) is 41.8 Å². The van der Waals surface area contributed by atoms with E-state index in [9.17, 15) is 13.2 Å². The lowest BCUT2D eigenvalue weighted by molar-refractivity contribution is 0.0948. The fourth-order valence-corrected chi connectivity index (χ4v) is 4.02. The highest BCUT2D eigenvalue weighted by Crippen LogP contribution is 2.29. The second-order valence-corrected chi connectivity index (χ2v) is 11.4. The molecule has 2 heterocycles. The molecule has 1 atom stereocenters. The predicted octanol–water partition coefficient (Wildman–Crippen LogP) is 3.69. The van der Waals surface area contributed by atoms with E-state index in [-0.39, 0.29) is 12.2 Å². The summed E-state index contributed by atoms with van der Waals surface area (Å²) in [6.45, 7) is 4.09. The van der Waals surface area contributed by atoms with Gasteiger partial charge >= 0.3 is 0 Å². The number of fused-ring (bicyclic) bond motifs is 1. The van der Waals surface area contributed by atoms with E-state index in [0.29, 0.717) is 23.4 Å². The van der Waals surface area contributed by atoms with Crippen molar-refractivity contribution in [1.29, 1.82) is 0 Å². The van der Waals surface area contributed by atoms with Crippen LogP contribution in [0, 0.1) is 0 Å². The van der Waals surface area contributed by atoms with Crippen LogP contribution in [-0.4, -0.2) is 47.0 Å². The normalized spacial score (nSPS) is 12.5. The molecule has 0 saturated carbocycles. The van der Waals surface area contributed by atoms with Crippen molar-refractivity contribution in [3.8, 4) is 11.5 Å². The van der Waals surface area contributed by atoms with Gasteiger partial charge in [-0.3, -0.25) is 9.78 Å². The number of imidazole rings is 1. The third kappa shape index (κ3) is 6.25. The Labute approximate surface area is 215 Å². The second kappa shape index (κ2) is 10.6. The highest BCUT2D eigenvalue weighted by Gasteiger charge is 2.18. The van der Waals surface area contributed by atoms with Gasteiger partial charge in [0.15, 0.2) is 9.84 Å². The van der Waals surface area contributed by atoms with E-state index in [1.807, 2.05) is 41.9 Å². The quantitative estimate of drug-likeness (QED) is 0.302. The summed E-state index contributed by atoms with van der Waals surface area (Å²) in [4.78, 5) is 21.2. The number of hydrogen-bond donors (Lipinski definition) is 3. The van der Waals surface area contributed by atoms with E-state index in [2.05, 4.69) is 41.6 Å². The monoisotopic (exact) mass is 522 g/mol. The fourth-order valence-electron chi connectivity index (χ4n) is 3.63. The van der Waals surface area contributed by atoms with E-state index < -0.39 is 21.1 Å². The average molecular weight is 523 g/mol. The highest BCUT2D eigenvalue weighted by atomic mass is 32.2. The van der Waals surface area contributed by atoms with Crippen molar-refractivity contribution in [2.45, 2.75) is 25.1 Å². The number of carbonyl (C=O) groups excluding carboxylic acids is 1. The molecule has 0 radical (unpaired) electrons. The largest absolute Gasteiger partial charge is 0.457 e. The summed E-state index contributed by atoms with van der Waals surface area (Å²) in [6, 6.07) is 16.9. The molecule has 4 rings (SSSR count). The van der Waals surface area contributed by atoms with Gasteiger partial charge in [-0.2, -0.15) is 0 Å². The predicted molar refractivity (Wildman–Crippen MR) is 144 cm³/mol. The lowest BCUT2D eigenvalue weighted by Gasteiger charge is -2.11. The number of aromatic nitrogens is 3. The molecular weight excluding hydrogens is 492 g/mol. The minimum atomic E-state index is -3.47. The Hall–Kier alpha value is -3.96. The fraction of sp³-hybridized carbons (Fsp3) is 0.269. The van der Waals surface area contributed by atoms with Crippen LogP contribution in [0.2, 0.25) is 0 Å².